The van der Waals surface area contributed by atoms with Gasteiger partial charge in [0.25, 0.3) is 5.91 Å². The number of ketones is 1. The van der Waals surface area contributed by atoms with Crippen LogP contribution < -0.4 is 14.8 Å². The molecule has 3 aromatic rings. The molecule has 0 saturated heterocycles. The van der Waals surface area contributed by atoms with Crippen molar-refractivity contribution in [3.8, 4) is 17.3 Å². The molecule has 1 amide bonds. The summed E-state index contributed by atoms with van der Waals surface area (Å²) in [6.07, 6.45) is 1.35. The van der Waals surface area contributed by atoms with E-state index in [-0.39, 0.29) is 12.4 Å². The maximum Gasteiger partial charge on any atom is 0.263 e. The standard InChI is InChI=1S/C20H21N5O4/c1-12-7-13(2)25(24-12)19-9-18(21-11-22-19)23-20(27)10-29-16-6-5-15(14(3)26)8-17(16)28-4/h5-9,11H,10H2,1-4H3,(H,21,22,23,27). The highest BCUT2D eigenvalue weighted by atomic mass is 16.5. The Balaban J connectivity index is 1.67. The molecule has 2 heterocycles. The van der Waals surface area contributed by atoms with E-state index >= 15 is 0 Å². The molecule has 0 aliphatic rings. The van der Waals surface area contributed by atoms with E-state index in [0.717, 1.165) is 11.4 Å². The number of nitrogens with zero attached hydrogens (tertiary/aromatic N) is 4. The lowest BCUT2D eigenvalue weighted by Crippen LogP contribution is -2.21. The number of carbonyl (C=O) groups is 2. The average molecular weight is 395 g/mol. The minimum Gasteiger partial charge on any atom is -0.493 e. The predicted octanol–water partition coefficient (Wildman–Crippen LogP) is 2.51. The molecular formula is C20H21N5O4. The van der Waals surface area contributed by atoms with Crippen molar-refractivity contribution in [2.75, 3.05) is 19.0 Å². The number of aryl methyl sites for hydroxylation is 2. The van der Waals surface area contributed by atoms with E-state index in [2.05, 4.69) is 20.4 Å². The molecule has 2 aromatic heterocycles. The quantitative estimate of drug-likeness (QED) is 0.612. The Morgan fingerprint density at radius 1 is 1.10 bits per heavy atom. The zero-order valence-electron chi connectivity index (χ0n) is 16.6. The first-order valence-corrected chi connectivity index (χ1v) is 8.84. The Kier molecular flexibility index (Phi) is 5.87. The first-order chi connectivity index (χ1) is 13.9. The summed E-state index contributed by atoms with van der Waals surface area (Å²) in [4.78, 5) is 32.0. The van der Waals surface area contributed by atoms with E-state index in [1.165, 1.54) is 20.4 Å². The molecule has 3 rings (SSSR count). The summed E-state index contributed by atoms with van der Waals surface area (Å²) in [5, 5.41) is 7.03. The van der Waals surface area contributed by atoms with Gasteiger partial charge in [-0.2, -0.15) is 5.10 Å². The van der Waals surface area contributed by atoms with Gasteiger partial charge in [-0.3, -0.25) is 9.59 Å². The number of nitrogens with one attached hydrogen (secondary N) is 1. The number of rotatable bonds is 7. The Morgan fingerprint density at radius 3 is 2.55 bits per heavy atom. The highest BCUT2D eigenvalue weighted by Crippen LogP contribution is 2.28. The largest absolute Gasteiger partial charge is 0.493 e. The van der Waals surface area contributed by atoms with Crippen LogP contribution in [0.15, 0.2) is 36.7 Å². The van der Waals surface area contributed by atoms with Crippen LogP contribution in [0.1, 0.15) is 28.7 Å². The van der Waals surface area contributed by atoms with Crippen LogP contribution in [0.25, 0.3) is 5.82 Å². The Morgan fingerprint density at radius 2 is 1.90 bits per heavy atom. The van der Waals surface area contributed by atoms with Crippen molar-refractivity contribution in [1.82, 2.24) is 19.7 Å². The lowest BCUT2D eigenvalue weighted by molar-refractivity contribution is -0.118. The third-order valence-corrected chi connectivity index (χ3v) is 4.08. The fourth-order valence-electron chi connectivity index (χ4n) is 2.72. The summed E-state index contributed by atoms with van der Waals surface area (Å²) in [7, 11) is 1.47. The van der Waals surface area contributed by atoms with Gasteiger partial charge in [-0.05, 0) is 45.0 Å². The van der Waals surface area contributed by atoms with Gasteiger partial charge in [0.15, 0.2) is 29.7 Å². The third-order valence-electron chi connectivity index (χ3n) is 4.08. The lowest BCUT2D eigenvalue weighted by atomic mass is 10.1. The van der Waals surface area contributed by atoms with Gasteiger partial charge in [-0.15, -0.1) is 0 Å². The summed E-state index contributed by atoms with van der Waals surface area (Å²) < 4.78 is 12.4. The van der Waals surface area contributed by atoms with Gasteiger partial charge < -0.3 is 14.8 Å². The van der Waals surface area contributed by atoms with Gasteiger partial charge in [0.1, 0.15) is 12.1 Å². The Bertz CT molecular complexity index is 1060. The van der Waals surface area contributed by atoms with E-state index in [0.29, 0.717) is 28.7 Å². The number of hydrogen-bond donors (Lipinski definition) is 1. The van der Waals surface area contributed by atoms with E-state index < -0.39 is 5.91 Å². The normalized spacial score (nSPS) is 10.5. The predicted molar refractivity (Wildman–Crippen MR) is 106 cm³/mol. The molecule has 0 aliphatic carbocycles. The second-order valence-electron chi connectivity index (χ2n) is 6.36. The lowest BCUT2D eigenvalue weighted by Gasteiger charge is -2.12. The van der Waals surface area contributed by atoms with Crippen LogP contribution in [0.5, 0.6) is 11.5 Å². The Hall–Kier alpha value is -3.75. The van der Waals surface area contributed by atoms with Gasteiger partial charge in [-0.25, -0.2) is 14.6 Å². The fraction of sp³-hybridized carbons (Fsp3) is 0.250. The number of hydrogen-bond acceptors (Lipinski definition) is 7. The van der Waals surface area contributed by atoms with Gasteiger partial charge in [0.2, 0.25) is 0 Å². The zero-order valence-corrected chi connectivity index (χ0v) is 16.6. The van der Waals surface area contributed by atoms with Crippen LogP contribution in [-0.2, 0) is 4.79 Å². The zero-order chi connectivity index (χ0) is 21.0. The maximum atomic E-state index is 12.3. The second kappa shape index (κ2) is 8.51. The minimum absolute atomic E-state index is 0.0882. The van der Waals surface area contributed by atoms with Gasteiger partial charge in [0.05, 0.1) is 12.8 Å². The molecule has 1 aromatic carbocycles. The third kappa shape index (κ3) is 4.75. The summed E-state index contributed by atoms with van der Waals surface area (Å²) in [5.41, 5.74) is 2.28. The van der Waals surface area contributed by atoms with Crippen molar-refractivity contribution >= 4 is 17.5 Å². The van der Waals surface area contributed by atoms with Crippen LogP contribution in [0.4, 0.5) is 5.82 Å². The number of carbonyl (C=O) groups excluding carboxylic acids is 2. The van der Waals surface area contributed by atoms with E-state index in [4.69, 9.17) is 9.47 Å². The summed E-state index contributed by atoms with van der Waals surface area (Å²) >= 11 is 0. The fourth-order valence-corrected chi connectivity index (χ4v) is 2.72. The molecule has 1 N–H and O–H groups in total. The average Bonchev–Trinajstić information content (AvgIpc) is 3.04. The van der Waals surface area contributed by atoms with E-state index in [9.17, 15) is 9.59 Å². The molecule has 9 nitrogen and oxygen atoms in total. The number of anilines is 1. The topological polar surface area (TPSA) is 108 Å². The van der Waals surface area contributed by atoms with E-state index in [1.807, 2.05) is 19.9 Å². The molecule has 0 unspecified atom stereocenters. The highest BCUT2D eigenvalue weighted by Gasteiger charge is 2.12. The Labute approximate surface area is 167 Å². The maximum absolute atomic E-state index is 12.3. The van der Waals surface area contributed by atoms with Crippen molar-refractivity contribution in [1.29, 1.82) is 0 Å². The SMILES string of the molecule is COc1cc(C(C)=O)ccc1OCC(=O)Nc1cc(-n2nc(C)cc2C)ncn1. The van der Waals surface area contributed by atoms with Crippen molar-refractivity contribution in [3.63, 3.8) is 0 Å². The van der Waals surface area contributed by atoms with Crippen molar-refractivity contribution in [2.24, 2.45) is 0 Å². The smallest absolute Gasteiger partial charge is 0.263 e. The van der Waals surface area contributed by atoms with Crippen molar-refractivity contribution in [2.45, 2.75) is 20.8 Å². The molecule has 9 heteroatoms. The number of aromatic nitrogens is 4. The molecule has 0 bridgehead atoms. The molecule has 29 heavy (non-hydrogen) atoms. The molecule has 0 aliphatic heterocycles. The molecule has 0 spiro atoms. The van der Waals surface area contributed by atoms with E-state index in [1.54, 1.807) is 28.9 Å². The number of Topliss-reactive ketones (excluding diaryl/α,β-unsaturated/α-hetero) is 1. The molecule has 0 radical (unpaired) electrons. The first-order valence-electron chi connectivity index (χ1n) is 8.84. The number of benzene rings is 1. The number of ether oxygens (including phenoxy) is 2. The molecule has 0 saturated carbocycles. The number of amides is 1. The van der Waals surface area contributed by atoms with Crippen LogP contribution in [0, 0.1) is 13.8 Å². The molecular weight excluding hydrogens is 374 g/mol. The molecule has 0 atom stereocenters. The van der Waals surface area contributed by atoms with Gasteiger partial charge >= 0.3 is 0 Å². The van der Waals surface area contributed by atoms with Crippen LogP contribution in [0.2, 0.25) is 0 Å². The highest BCUT2D eigenvalue weighted by molar-refractivity contribution is 5.94. The summed E-state index contributed by atoms with van der Waals surface area (Å²) in [5.74, 6) is 1.12. The minimum atomic E-state index is -0.402. The second-order valence-corrected chi connectivity index (χ2v) is 6.36. The van der Waals surface area contributed by atoms with Crippen LogP contribution >= 0.6 is 0 Å². The monoisotopic (exact) mass is 395 g/mol. The van der Waals surface area contributed by atoms with Gasteiger partial charge in [-0.1, -0.05) is 0 Å². The first kappa shape index (κ1) is 20.0. The number of methoxy groups -OCH3 is 1. The van der Waals surface area contributed by atoms with Crippen LogP contribution in [0.3, 0.4) is 0 Å². The van der Waals surface area contributed by atoms with Crippen LogP contribution in [-0.4, -0.2) is 45.2 Å². The molecule has 0 fully saturated rings. The van der Waals surface area contributed by atoms with Crippen molar-refractivity contribution < 1.29 is 19.1 Å². The summed E-state index contributed by atoms with van der Waals surface area (Å²) in [6.45, 7) is 5.01. The summed E-state index contributed by atoms with van der Waals surface area (Å²) in [6, 6.07) is 8.33. The van der Waals surface area contributed by atoms with Crippen molar-refractivity contribution in [3.05, 3.63) is 53.6 Å². The molecule has 150 valence electrons. The van der Waals surface area contributed by atoms with Gasteiger partial charge in [0, 0.05) is 17.3 Å².